The molecule has 0 saturated heterocycles. The summed E-state index contributed by atoms with van der Waals surface area (Å²) < 4.78 is 3.51. The van der Waals surface area contributed by atoms with Crippen molar-refractivity contribution < 1.29 is 4.79 Å². The maximum Gasteiger partial charge on any atom is 0.284 e. The molecule has 0 fully saturated rings. The summed E-state index contributed by atoms with van der Waals surface area (Å²) in [7, 11) is 0. The molecule has 1 amide bonds. The van der Waals surface area contributed by atoms with Gasteiger partial charge in [0.05, 0.1) is 10.9 Å². The molecule has 1 N–H and O–H groups in total. The highest BCUT2D eigenvalue weighted by atomic mass is 35.5. The first-order valence-electron chi connectivity index (χ1n) is 11.4. The summed E-state index contributed by atoms with van der Waals surface area (Å²) >= 11 is 13.5. The molecule has 0 spiro atoms. The molecule has 0 aromatic heterocycles. The normalized spacial score (nSPS) is 14.4. The molecule has 3 aliphatic heterocycles. The Balaban J connectivity index is 1.51. The van der Waals surface area contributed by atoms with Crippen molar-refractivity contribution in [2.24, 2.45) is 0 Å². The van der Waals surface area contributed by atoms with Crippen molar-refractivity contribution in [1.29, 1.82) is 0 Å². The second kappa shape index (κ2) is 10.0. The van der Waals surface area contributed by atoms with Crippen LogP contribution in [-0.4, -0.2) is 30.5 Å². The molecule has 1 atom stereocenters. The van der Waals surface area contributed by atoms with Gasteiger partial charge in [0.2, 0.25) is 5.91 Å². The Morgan fingerprint density at radius 2 is 1.83 bits per heavy atom. The third kappa shape index (κ3) is 4.96. The topological polar surface area (TPSA) is 81.8 Å². The summed E-state index contributed by atoms with van der Waals surface area (Å²) in [6.45, 7) is 2.57. The van der Waals surface area contributed by atoms with E-state index in [-0.39, 0.29) is 11.5 Å². The lowest BCUT2D eigenvalue weighted by molar-refractivity contribution is -0.115. The Hall–Kier alpha value is -2.81. The molecule has 2 aromatic rings. The third-order valence-electron chi connectivity index (χ3n) is 5.95. The zero-order valence-corrected chi connectivity index (χ0v) is 21.3. The van der Waals surface area contributed by atoms with Crippen molar-refractivity contribution >= 4 is 46.6 Å². The summed E-state index contributed by atoms with van der Waals surface area (Å²) in [5.41, 5.74) is 2.57. The fourth-order valence-electron chi connectivity index (χ4n) is 4.27. The Kier molecular flexibility index (Phi) is 6.86. The number of aromatic nitrogens is 4. The van der Waals surface area contributed by atoms with E-state index in [9.17, 15) is 9.59 Å². The number of halogens is 2. The van der Waals surface area contributed by atoms with Crippen molar-refractivity contribution in [1.82, 2.24) is 19.3 Å². The monoisotopic (exact) mass is 527 g/mol. The smallest absolute Gasteiger partial charge is 0.284 e. The van der Waals surface area contributed by atoms with E-state index in [1.807, 2.05) is 37.3 Å². The van der Waals surface area contributed by atoms with Crippen LogP contribution in [-0.2, 0) is 17.8 Å². The van der Waals surface area contributed by atoms with E-state index >= 15 is 0 Å². The number of nitrogens with zero attached hydrogens (tertiary/aromatic N) is 4. The number of hydrogen-bond acceptors (Lipinski definition) is 5. The lowest BCUT2D eigenvalue weighted by Gasteiger charge is -2.20. The van der Waals surface area contributed by atoms with Gasteiger partial charge in [-0.3, -0.25) is 9.59 Å². The average molecular weight is 528 g/mol. The quantitative estimate of drug-likeness (QED) is 0.266. The number of anilines is 1. The Morgan fingerprint density at radius 3 is 2.57 bits per heavy atom. The molecule has 0 radical (unpaired) electrons. The summed E-state index contributed by atoms with van der Waals surface area (Å²) in [5.74, 6) is 0.210. The fourth-order valence-corrected chi connectivity index (χ4v) is 5.75. The molecule has 10 heteroatoms. The van der Waals surface area contributed by atoms with Crippen LogP contribution in [0.4, 0.5) is 5.69 Å². The second-order valence-electron chi connectivity index (χ2n) is 8.46. The Bertz CT molecular complexity index is 1400. The van der Waals surface area contributed by atoms with Gasteiger partial charge in [0.25, 0.3) is 5.56 Å². The molecule has 7 nitrogen and oxygen atoms in total. The minimum atomic E-state index is -0.458. The number of carbonyl (C=O) groups is 1. The molecule has 5 rings (SSSR count). The van der Waals surface area contributed by atoms with Crippen molar-refractivity contribution in [3.63, 3.8) is 0 Å². The highest BCUT2D eigenvalue weighted by Crippen LogP contribution is 2.32. The number of benzene rings is 2. The van der Waals surface area contributed by atoms with E-state index in [2.05, 4.69) is 15.0 Å². The van der Waals surface area contributed by atoms with E-state index < -0.39 is 5.25 Å². The van der Waals surface area contributed by atoms with Crippen LogP contribution in [0.1, 0.15) is 31.9 Å². The van der Waals surface area contributed by atoms with E-state index in [4.69, 9.17) is 28.2 Å². The van der Waals surface area contributed by atoms with Crippen LogP contribution in [0.5, 0.6) is 0 Å². The van der Waals surface area contributed by atoms with Crippen LogP contribution in [0.3, 0.4) is 0 Å². The third-order valence-corrected chi connectivity index (χ3v) is 7.48. The molecule has 1 unspecified atom stereocenters. The number of nitrogens with one attached hydrogen (secondary N) is 1. The summed E-state index contributed by atoms with van der Waals surface area (Å²) in [5, 5.41) is 8.55. The van der Waals surface area contributed by atoms with E-state index in [1.54, 1.807) is 18.2 Å². The molecule has 0 saturated carbocycles. The van der Waals surface area contributed by atoms with Gasteiger partial charge in [-0.05, 0) is 56.5 Å². The summed E-state index contributed by atoms with van der Waals surface area (Å²) in [4.78, 5) is 31.1. The summed E-state index contributed by atoms with van der Waals surface area (Å²) in [6.07, 6.45) is 3.81. The molecule has 3 heterocycles. The molecular weight excluding hydrogens is 505 g/mol. The minimum Gasteiger partial charge on any atom is -0.325 e. The van der Waals surface area contributed by atoms with Gasteiger partial charge < -0.3 is 9.88 Å². The zero-order valence-electron chi connectivity index (χ0n) is 19.0. The Morgan fingerprint density at radius 1 is 1.09 bits per heavy atom. The summed E-state index contributed by atoms with van der Waals surface area (Å²) in [6, 6.07) is 14.3. The number of para-hydroxylation sites is 1. The standard InChI is InChI=1S/C25H23Cl2N5O2S/c1-15(23(33)28-18-13-16(26)12-17(27)14-18)35-25-29-22-21(20-10-6-3-7-11-31(20)25)24(34)32(30-22)19-8-4-2-5-9-19/h2,4-5,8-9,12-15H,3,6-7,10-11H2,1H3,(H,28,33). The largest absolute Gasteiger partial charge is 0.325 e. The van der Waals surface area contributed by atoms with Crippen LogP contribution in [0.25, 0.3) is 17.1 Å². The van der Waals surface area contributed by atoms with Crippen LogP contribution in [0.15, 0.2) is 58.5 Å². The highest BCUT2D eigenvalue weighted by Gasteiger charge is 2.28. The van der Waals surface area contributed by atoms with Crippen molar-refractivity contribution in [2.75, 3.05) is 5.32 Å². The van der Waals surface area contributed by atoms with Gasteiger partial charge in [-0.15, -0.1) is 5.10 Å². The zero-order chi connectivity index (χ0) is 24.5. The number of amides is 1. The molecular formula is C25H23Cl2N5O2S. The van der Waals surface area contributed by atoms with Crippen LogP contribution in [0.2, 0.25) is 10.0 Å². The first-order valence-corrected chi connectivity index (χ1v) is 13.1. The number of fused-ring (bicyclic) bond motifs is 3. The van der Waals surface area contributed by atoms with Gasteiger partial charge in [0, 0.05) is 28.0 Å². The Labute approximate surface area is 216 Å². The first kappa shape index (κ1) is 23.9. The van der Waals surface area contributed by atoms with Gasteiger partial charge in [-0.2, -0.15) is 4.68 Å². The van der Waals surface area contributed by atoms with E-state index in [0.717, 1.165) is 37.9 Å². The lowest BCUT2D eigenvalue weighted by Crippen LogP contribution is -2.24. The molecule has 180 valence electrons. The first-order chi connectivity index (χ1) is 16.9. The molecule has 35 heavy (non-hydrogen) atoms. The van der Waals surface area contributed by atoms with Gasteiger partial charge >= 0.3 is 0 Å². The van der Waals surface area contributed by atoms with E-state index in [0.29, 0.717) is 38.0 Å². The van der Waals surface area contributed by atoms with Gasteiger partial charge in [0.15, 0.2) is 11.0 Å². The number of carbonyl (C=O) groups excluding carboxylic acids is 1. The number of rotatable bonds is 5. The molecule has 2 aromatic carbocycles. The number of thioether (sulfide) groups is 1. The molecule has 0 bridgehead atoms. The lowest BCUT2D eigenvalue weighted by atomic mass is 10.1. The molecule has 3 aliphatic rings. The maximum absolute atomic E-state index is 13.4. The minimum absolute atomic E-state index is 0.162. The average Bonchev–Trinajstić information content (AvgIpc) is 2.99. The van der Waals surface area contributed by atoms with Crippen molar-refractivity contribution in [2.45, 2.75) is 49.6 Å². The van der Waals surface area contributed by atoms with Crippen LogP contribution < -0.4 is 10.9 Å². The fraction of sp³-hybridized carbons (Fsp3) is 0.280. The van der Waals surface area contributed by atoms with E-state index in [1.165, 1.54) is 16.4 Å². The predicted molar refractivity (Wildman–Crippen MR) is 140 cm³/mol. The van der Waals surface area contributed by atoms with Crippen molar-refractivity contribution in [3.8, 4) is 17.1 Å². The van der Waals surface area contributed by atoms with Crippen LogP contribution >= 0.6 is 35.0 Å². The number of hydrogen-bond donors (Lipinski definition) is 1. The highest BCUT2D eigenvalue weighted by molar-refractivity contribution is 8.00. The van der Waals surface area contributed by atoms with Gasteiger partial charge in [-0.1, -0.05) is 59.6 Å². The SMILES string of the molecule is CC(Sc1nc2nn(-c3ccccc3)c(=O)c-2c2n1CCCCC2)C(=O)Nc1cc(Cl)cc(Cl)c1. The van der Waals surface area contributed by atoms with Gasteiger partial charge in [0.1, 0.15) is 5.56 Å². The second-order valence-corrected chi connectivity index (χ2v) is 10.6. The molecule has 0 aliphatic carbocycles. The van der Waals surface area contributed by atoms with Crippen molar-refractivity contribution in [3.05, 3.63) is 74.6 Å². The van der Waals surface area contributed by atoms with Gasteiger partial charge in [-0.25, -0.2) is 4.98 Å². The van der Waals surface area contributed by atoms with Crippen LogP contribution in [0, 0.1) is 0 Å². The predicted octanol–water partition coefficient (Wildman–Crippen LogP) is 5.69. The maximum atomic E-state index is 13.4.